The molecule has 1 heterocycles. The second-order valence-corrected chi connectivity index (χ2v) is 6.05. The van der Waals surface area contributed by atoms with Gasteiger partial charge < -0.3 is 11.1 Å². The van der Waals surface area contributed by atoms with Gasteiger partial charge in [0.25, 0.3) is 0 Å². The van der Waals surface area contributed by atoms with Gasteiger partial charge in [0.15, 0.2) is 0 Å². The molecule has 3 nitrogen and oxygen atoms in total. The zero-order valence-electron chi connectivity index (χ0n) is 8.63. The molecule has 1 aromatic rings. The molecule has 0 saturated carbocycles. The van der Waals surface area contributed by atoms with E-state index in [4.69, 9.17) is 5.73 Å². The number of halogens is 1. The van der Waals surface area contributed by atoms with E-state index in [-0.39, 0.29) is 11.9 Å². The summed E-state index contributed by atoms with van der Waals surface area (Å²) in [6.45, 7) is 2.51. The van der Waals surface area contributed by atoms with Gasteiger partial charge in [0.1, 0.15) is 0 Å². The van der Waals surface area contributed by atoms with Crippen LogP contribution >= 0.6 is 27.3 Å². The van der Waals surface area contributed by atoms with Crippen molar-refractivity contribution < 1.29 is 4.79 Å². The van der Waals surface area contributed by atoms with Crippen LogP contribution in [0.3, 0.4) is 0 Å². The fraction of sp³-hybridized carbons (Fsp3) is 0.500. The van der Waals surface area contributed by atoms with Crippen molar-refractivity contribution in [1.29, 1.82) is 0 Å². The van der Waals surface area contributed by atoms with Gasteiger partial charge in [0, 0.05) is 17.3 Å². The molecule has 1 rings (SSSR count). The summed E-state index contributed by atoms with van der Waals surface area (Å²) in [4.78, 5) is 12.5. The molecule has 0 aliphatic rings. The summed E-state index contributed by atoms with van der Waals surface area (Å²) in [5, 5.41) is 2.86. The Morgan fingerprint density at radius 1 is 1.67 bits per heavy atom. The molecule has 0 spiro atoms. The number of hydrogen-bond acceptors (Lipinski definition) is 3. The number of nitrogens with two attached hydrogens (primary N) is 1. The van der Waals surface area contributed by atoms with Crippen molar-refractivity contribution in [3.8, 4) is 0 Å². The topological polar surface area (TPSA) is 55.1 Å². The third-order valence-corrected chi connectivity index (χ3v) is 3.54. The van der Waals surface area contributed by atoms with Crippen LogP contribution in [0.4, 0.5) is 0 Å². The highest BCUT2D eigenvalue weighted by Gasteiger charge is 2.04. The van der Waals surface area contributed by atoms with Crippen LogP contribution in [0.1, 0.15) is 24.6 Å². The lowest BCUT2D eigenvalue weighted by atomic mass is 10.2. The Balaban J connectivity index is 2.22. The lowest BCUT2D eigenvalue weighted by Gasteiger charge is -2.05. The first-order chi connectivity index (χ1) is 7.08. The van der Waals surface area contributed by atoms with Crippen LogP contribution in [0.15, 0.2) is 15.9 Å². The molecule has 1 amide bonds. The number of carbonyl (C=O) groups is 1. The smallest absolute Gasteiger partial charge is 0.220 e. The van der Waals surface area contributed by atoms with Crippen LogP contribution in [-0.4, -0.2) is 11.9 Å². The van der Waals surface area contributed by atoms with E-state index in [2.05, 4.69) is 21.2 Å². The molecule has 0 aromatic carbocycles. The molecular weight excluding hydrogens is 276 g/mol. The van der Waals surface area contributed by atoms with E-state index in [1.54, 1.807) is 11.3 Å². The molecular formula is C10H15BrN2OS. The number of hydrogen-bond donors (Lipinski definition) is 2. The van der Waals surface area contributed by atoms with E-state index in [0.717, 1.165) is 15.1 Å². The van der Waals surface area contributed by atoms with Crippen LogP contribution in [0.25, 0.3) is 0 Å². The minimum Gasteiger partial charge on any atom is -0.351 e. The lowest BCUT2D eigenvalue weighted by molar-refractivity contribution is -0.121. The Hall–Kier alpha value is -0.390. The maximum absolute atomic E-state index is 11.4. The van der Waals surface area contributed by atoms with E-state index >= 15 is 0 Å². The van der Waals surface area contributed by atoms with Gasteiger partial charge >= 0.3 is 0 Å². The maximum atomic E-state index is 11.4. The standard InChI is InChI=1S/C10H15BrN2OS/c1-7(12)2-5-10(14)13-6-8-3-4-9(11)15-8/h3-4,7H,2,5-6,12H2,1H3,(H,13,14). The highest BCUT2D eigenvalue weighted by Crippen LogP contribution is 2.21. The first-order valence-corrected chi connectivity index (χ1v) is 6.45. The van der Waals surface area contributed by atoms with Crippen molar-refractivity contribution in [2.45, 2.75) is 32.4 Å². The molecule has 1 aromatic heterocycles. The number of amides is 1. The Morgan fingerprint density at radius 3 is 2.93 bits per heavy atom. The molecule has 3 N–H and O–H groups in total. The van der Waals surface area contributed by atoms with Crippen LogP contribution < -0.4 is 11.1 Å². The fourth-order valence-corrected chi connectivity index (χ4v) is 2.50. The SMILES string of the molecule is CC(N)CCC(=O)NCc1ccc(Br)s1. The lowest BCUT2D eigenvalue weighted by Crippen LogP contribution is -2.25. The van der Waals surface area contributed by atoms with Crippen molar-refractivity contribution in [2.24, 2.45) is 5.73 Å². The average Bonchev–Trinajstić information content (AvgIpc) is 2.58. The summed E-state index contributed by atoms with van der Waals surface area (Å²) in [7, 11) is 0. The van der Waals surface area contributed by atoms with Gasteiger partial charge in [-0.25, -0.2) is 0 Å². The molecule has 0 aliphatic heterocycles. The summed E-state index contributed by atoms with van der Waals surface area (Å²) >= 11 is 5.01. The Morgan fingerprint density at radius 2 is 2.40 bits per heavy atom. The number of thiophene rings is 1. The van der Waals surface area contributed by atoms with Gasteiger partial charge in [-0.1, -0.05) is 0 Å². The molecule has 0 radical (unpaired) electrons. The predicted molar refractivity (Wildman–Crippen MR) is 66.7 cm³/mol. The van der Waals surface area contributed by atoms with E-state index in [0.29, 0.717) is 13.0 Å². The largest absolute Gasteiger partial charge is 0.351 e. The van der Waals surface area contributed by atoms with Gasteiger partial charge in [0.2, 0.25) is 5.91 Å². The number of carbonyl (C=O) groups excluding carboxylic acids is 1. The zero-order chi connectivity index (χ0) is 11.3. The van der Waals surface area contributed by atoms with E-state index < -0.39 is 0 Å². The second kappa shape index (κ2) is 6.25. The zero-order valence-corrected chi connectivity index (χ0v) is 11.0. The van der Waals surface area contributed by atoms with Gasteiger partial charge in [-0.3, -0.25) is 4.79 Å². The van der Waals surface area contributed by atoms with Crippen LogP contribution in [0.5, 0.6) is 0 Å². The summed E-state index contributed by atoms with van der Waals surface area (Å²) in [6.07, 6.45) is 1.24. The van der Waals surface area contributed by atoms with Gasteiger partial charge in [-0.05, 0) is 41.4 Å². The summed E-state index contributed by atoms with van der Waals surface area (Å²) in [5.74, 6) is 0.0665. The Kier molecular flexibility index (Phi) is 5.28. The average molecular weight is 291 g/mol. The minimum atomic E-state index is 0.0665. The molecule has 1 atom stereocenters. The van der Waals surface area contributed by atoms with Crippen molar-refractivity contribution in [3.63, 3.8) is 0 Å². The van der Waals surface area contributed by atoms with Gasteiger partial charge in [0.05, 0.1) is 10.3 Å². The first-order valence-electron chi connectivity index (χ1n) is 4.84. The summed E-state index contributed by atoms with van der Waals surface area (Å²) in [5.41, 5.74) is 5.57. The van der Waals surface area contributed by atoms with Crippen LogP contribution in [0.2, 0.25) is 0 Å². The minimum absolute atomic E-state index is 0.0665. The van der Waals surface area contributed by atoms with E-state index in [1.165, 1.54) is 0 Å². The molecule has 1 unspecified atom stereocenters. The van der Waals surface area contributed by atoms with E-state index in [9.17, 15) is 4.79 Å². The van der Waals surface area contributed by atoms with E-state index in [1.807, 2.05) is 19.1 Å². The molecule has 84 valence electrons. The van der Waals surface area contributed by atoms with Crippen molar-refractivity contribution in [2.75, 3.05) is 0 Å². The molecule has 0 fully saturated rings. The molecule has 5 heteroatoms. The molecule has 15 heavy (non-hydrogen) atoms. The fourth-order valence-electron chi connectivity index (χ4n) is 1.08. The predicted octanol–water partition coefficient (Wildman–Crippen LogP) is 2.25. The summed E-state index contributed by atoms with van der Waals surface area (Å²) in [6, 6.07) is 4.07. The number of rotatable bonds is 5. The monoisotopic (exact) mass is 290 g/mol. The van der Waals surface area contributed by atoms with Gasteiger partial charge in [-0.15, -0.1) is 11.3 Å². The van der Waals surface area contributed by atoms with Crippen molar-refractivity contribution in [3.05, 3.63) is 20.8 Å². The highest BCUT2D eigenvalue weighted by molar-refractivity contribution is 9.11. The molecule has 0 saturated heterocycles. The molecule has 0 bridgehead atoms. The first kappa shape index (κ1) is 12.7. The maximum Gasteiger partial charge on any atom is 0.220 e. The third-order valence-electron chi connectivity index (χ3n) is 1.92. The summed E-state index contributed by atoms with van der Waals surface area (Å²) < 4.78 is 1.09. The normalized spacial score (nSPS) is 12.5. The quantitative estimate of drug-likeness (QED) is 0.874. The van der Waals surface area contributed by atoms with Crippen molar-refractivity contribution in [1.82, 2.24) is 5.32 Å². The van der Waals surface area contributed by atoms with Crippen molar-refractivity contribution >= 4 is 33.2 Å². The highest BCUT2D eigenvalue weighted by atomic mass is 79.9. The molecule has 0 aliphatic carbocycles. The number of nitrogens with one attached hydrogen (secondary N) is 1. The van der Waals surface area contributed by atoms with Crippen LogP contribution in [-0.2, 0) is 11.3 Å². The third kappa shape index (κ3) is 5.30. The van der Waals surface area contributed by atoms with Gasteiger partial charge in [-0.2, -0.15) is 0 Å². The van der Waals surface area contributed by atoms with Crippen LogP contribution in [0, 0.1) is 0 Å². The Labute approximate surface area is 102 Å². The second-order valence-electron chi connectivity index (χ2n) is 3.50. The Bertz CT molecular complexity index is 325.